The van der Waals surface area contributed by atoms with Gasteiger partial charge in [0.25, 0.3) is 5.91 Å². The average molecular weight is 498 g/mol. The number of hydrogen-bond acceptors (Lipinski definition) is 2. The van der Waals surface area contributed by atoms with E-state index in [1.165, 1.54) is 29.2 Å². The van der Waals surface area contributed by atoms with Crippen molar-refractivity contribution in [3.05, 3.63) is 94.5 Å². The second kappa shape index (κ2) is 12.0. The van der Waals surface area contributed by atoms with E-state index in [4.69, 9.17) is 11.6 Å². The zero-order valence-electron chi connectivity index (χ0n) is 20.7. The molecule has 0 spiro atoms. The van der Waals surface area contributed by atoms with Gasteiger partial charge in [0.05, 0.1) is 6.54 Å². The molecule has 0 fully saturated rings. The summed E-state index contributed by atoms with van der Waals surface area (Å²) in [6.07, 6.45) is 1.98. The Kier molecular flexibility index (Phi) is 9.10. The molecule has 7 heteroatoms. The Bertz CT molecular complexity index is 1140. The molecule has 1 aromatic heterocycles. The zero-order valence-corrected chi connectivity index (χ0v) is 21.5. The summed E-state index contributed by atoms with van der Waals surface area (Å²) in [6.45, 7) is 9.41. The SMILES string of the molecule is CC(C)CN(Cc1cccn1Cc1ccccc1Cl)C(=O)CN(C(=O)c1ccc(F)cc1)C(C)C. The Morgan fingerprint density at radius 2 is 1.66 bits per heavy atom. The number of hydrogen-bond donors (Lipinski definition) is 0. The lowest BCUT2D eigenvalue weighted by atomic mass is 10.1. The Hall–Kier alpha value is -3.12. The van der Waals surface area contributed by atoms with Gasteiger partial charge in [-0.2, -0.15) is 0 Å². The summed E-state index contributed by atoms with van der Waals surface area (Å²) in [7, 11) is 0. The monoisotopic (exact) mass is 497 g/mol. The lowest BCUT2D eigenvalue weighted by Crippen LogP contribution is -2.46. The number of benzene rings is 2. The van der Waals surface area contributed by atoms with Crippen molar-refractivity contribution in [1.82, 2.24) is 14.4 Å². The molecule has 35 heavy (non-hydrogen) atoms. The summed E-state index contributed by atoms with van der Waals surface area (Å²) < 4.78 is 15.4. The third kappa shape index (κ3) is 7.18. The van der Waals surface area contributed by atoms with Crippen molar-refractivity contribution < 1.29 is 14.0 Å². The zero-order chi connectivity index (χ0) is 25.5. The summed E-state index contributed by atoms with van der Waals surface area (Å²) >= 11 is 6.36. The number of halogens is 2. The summed E-state index contributed by atoms with van der Waals surface area (Å²) in [4.78, 5) is 29.9. The van der Waals surface area contributed by atoms with Gasteiger partial charge < -0.3 is 14.4 Å². The Morgan fingerprint density at radius 1 is 0.971 bits per heavy atom. The van der Waals surface area contributed by atoms with Crippen LogP contribution in [0, 0.1) is 11.7 Å². The quantitative estimate of drug-likeness (QED) is 0.352. The number of carbonyl (C=O) groups is 2. The fourth-order valence-corrected chi connectivity index (χ4v) is 4.14. The summed E-state index contributed by atoms with van der Waals surface area (Å²) in [6, 6.07) is 16.9. The van der Waals surface area contributed by atoms with Crippen LogP contribution >= 0.6 is 11.6 Å². The smallest absolute Gasteiger partial charge is 0.254 e. The minimum atomic E-state index is -0.406. The van der Waals surface area contributed by atoms with Crippen LogP contribution in [-0.2, 0) is 17.9 Å². The molecule has 2 amide bonds. The van der Waals surface area contributed by atoms with Crippen LogP contribution in [-0.4, -0.2) is 45.3 Å². The maximum absolute atomic E-state index is 13.5. The molecular weight excluding hydrogens is 465 g/mol. The molecule has 0 aliphatic carbocycles. The normalized spacial score (nSPS) is 11.2. The fraction of sp³-hybridized carbons (Fsp3) is 0.357. The molecule has 186 valence electrons. The standard InChI is InChI=1S/C28H33ClFN3O2/c1-20(2)16-32(18-25-9-7-15-31(25)17-23-8-5-6-10-26(23)29)27(34)19-33(21(3)4)28(35)22-11-13-24(30)14-12-22/h5-15,20-21H,16-19H2,1-4H3. The summed E-state index contributed by atoms with van der Waals surface area (Å²) in [5.74, 6) is -0.573. The molecule has 0 unspecified atom stereocenters. The van der Waals surface area contributed by atoms with Gasteiger partial charge in [0.15, 0.2) is 0 Å². The van der Waals surface area contributed by atoms with E-state index in [1.54, 1.807) is 4.90 Å². The highest BCUT2D eigenvalue weighted by Crippen LogP contribution is 2.19. The van der Waals surface area contributed by atoms with Gasteiger partial charge in [-0.15, -0.1) is 0 Å². The van der Waals surface area contributed by atoms with Gasteiger partial charge in [0.2, 0.25) is 5.91 Å². The van der Waals surface area contributed by atoms with E-state index in [0.29, 0.717) is 30.2 Å². The van der Waals surface area contributed by atoms with Crippen molar-refractivity contribution in [1.29, 1.82) is 0 Å². The van der Waals surface area contributed by atoms with E-state index in [0.717, 1.165) is 11.3 Å². The van der Waals surface area contributed by atoms with Gasteiger partial charge in [0, 0.05) is 41.6 Å². The largest absolute Gasteiger partial charge is 0.345 e. The third-order valence-corrected chi connectivity index (χ3v) is 6.16. The predicted octanol–water partition coefficient (Wildman–Crippen LogP) is 5.86. The molecule has 5 nitrogen and oxygen atoms in total. The van der Waals surface area contributed by atoms with Gasteiger partial charge >= 0.3 is 0 Å². The van der Waals surface area contributed by atoms with Crippen LogP contribution < -0.4 is 0 Å². The van der Waals surface area contributed by atoms with E-state index in [2.05, 4.69) is 18.4 Å². The van der Waals surface area contributed by atoms with Crippen molar-refractivity contribution in [2.45, 2.75) is 46.8 Å². The van der Waals surface area contributed by atoms with Crippen LogP contribution in [0.1, 0.15) is 49.3 Å². The molecule has 0 N–H and O–H groups in total. The molecule has 1 heterocycles. The van der Waals surface area contributed by atoms with Crippen LogP contribution in [0.15, 0.2) is 66.9 Å². The predicted molar refractivity (Wildman–Crippen MR) is 138 cm³/mol. The fourth-order valence-electron chi connectivity index (χ4n) is 3.94. The lowest BCUT2D eigenvalue weighted by molar-refractivity contribution is -0.133. The van der Waals surface area contributed by atoms with Gasteiger partial charge in [-0.1, -0.05) is 43.6 Å². The van der Waals surface area contributed by atoms with Crippen molar-refractivity contribution in [2.75, 3.05) is 13.1 Å². The van der Waals surface area contributed by atoms with Crippen LogP contribution in [0.2, 0.25) is 5.02 Å². The third-order valence-electron chi connectivity index (χ3n) is 5.79. The molecule has 3 rings (SSSR count). The average Bonchev–Trinajstić information content (AvgIpc) is 3.24. The second-order valence-corrected chi connectivity index (χ2v) is 9.83. The molecule has 0 radical (unpaired) electrons. The number of nitrogens with zero attached hydrogens (tertiary/aromatic N) is 3. The highest BCUT2D eigenvalue weighted by atomic mass is 35.5. The van der Waals surface area contributed by atoms with Crippen LogP contribution in [0.25, 0.3) is 0 Å². The van der Waals surface area contributed by atoms with Crippen molar-refractivity contribution in [3.63, 3.8) is 0 Å². The van der Waals surface area contributed by atoms with Gasteiger partial charge in [-0.25, -0.2) is 4.39 Å². The first kappa shape index (κ1) is 26.5. The maximum atomic E-state index is 13.5. The molecule has 0 atom stereocenters. The van der Waals surface area contributed by atoms with Gasteiger partial charge in [-0.05, 0) is 67.8 Å². The van der Waals surface area contributed by atoms with Crippen LogP contribution in [0.5, 0.6) is 0 Å². The highest BCUT2D eigenvalue weighted by Gasteiger charge is 2.25. The van der Waals surface area contributed by atoms with E-state index in [1.807, 2.05) is 56.4 Å². The topological polar surface area (TPSA) is 45.6 Å². The van der Waals surface area contributed by atoms with Crippen LogP contribution in [0.3, 0.4) is 0 Å². The molecule has 3 aromatic rings. The number of rotatable bonds is 10. The lowest BCUT2D eigenvalue weighted by Gasteiger charge is -2.31. The molecular formula is C28H33ClFN3O2. The van der Waals surface area contributed by atoms with E-state index in [-0.39, 0.29) is 30.3 Å². The first-order valence-electron chi connectivity index (χ1n) is 11.9. The Balaban J connectivity index is 1.78. The first-order valence-corrected chi connectivity index (χ1v) is 12.2. The number of aromatic nitrogens is 1. The van der Waals surface area contributed by atoms with Crippen molar-refractivity contribution >= 4 is 23.4 Å². The van der Waals surface area contributed by atoms with Gasteiger partial charge in [-0.3, -0.25) is 9.59 Å². The Labute approximate surface area is 212 Å². The first-order chi connectivity index (χ1) is 16.7. The van der Waals surface area contributed by atoms with Crippen molar-refractivity contribution in [3.8, 4) is 0 Å². The summed E-state index contributed by atoms with van der Waals surface area (Å²) in [5.41, 5.74) is 2.35. The second-order valence-electron chi connectivity index (χ2n) is 9.42. The van der Waals surface area contributed by atoms with Crippen molar-refractivity contribution in [2.24, 2.45) is 5.92 Å². The van der Waals surface area contributed by atoms with Crippen LogP contribution in [0.4, 0.5) is 4.39 Å². The van der Waals surface area contributed by atoms with E-state index >= 15 is 0 Å². The molecule has 0 aliphatic rings. The van der Waals surface area contributed by atoms with Gasteiger partial charge in [0.1, 0.15) is 12.4 Å². The maximum Gasteiger partial charge on any atom is 0.254 e. The minimum absolute atomic E-state index is 0.0498. The minimum Gasteiger partial charge on any atom is -0.345 e. The Morgan fingerprint density at radius 3 is 2.29 bits per heavy atom. The number of carbonyl (C=O) groups excluding carboxylic acids is 2. The molecule has 0 aliphatic heterocycles. The van der Waals surface area contributed by atoms with E-state index in [9.17, 15) is 14.0 Å². The molecule has 2 aromatic carbocycles. The molecule has 0 saturated heterocycles. The number of amides is 2. The summed E-state index contributed by atoms with van der Waals surface area (Å²) in [5, 5.41) is 0.703. The molecule has 0 bridgehead atoms. The van der Waals surface area contributed by atoms with E-state index < -0.39 is 5.82 Å². The molecule has 0 saturated carbocycles. The highest BCUT2D eigenvalue weighted by molar-refractivity contribution is 6.31.